The Kier molecular flexibility index (Phi) is 4.67. The number of carboxylic acid groups (broad SMARTS) is 1. The van der Waals surface area contributed by atoms with Gasteiger partial charge in [0.2, 0.25) is 0 Å². The van der Waals surface area contributed by atoms with E-state index in [9.17, 15) is 4.79 Å². The standard InChI is InChI=1S/C15H19N3O2S/c1-4-18-13(16-17-14(18)21-10-12(19)20)15(2,3)11-8-6-5-7-9-11/h5-9H,4,10H2,1-3H3,(H,19,20). The third-order valence-electron chi connectivity index (χ3n) is 3.41. The number of nitrogens with zero attached hydrogens (tertiary/aromatic N) is 3. The molecule has 6 heteroatoms. The van der Waals surface area contributed by atoms with Gasteiger partial charge in [-0.1, -0.05) is 42.1 Å². The average Bonchev–Trinajstić information content (AvgIpc) is 2.89. The second-order valence-corrected chi connectivity index (χ2v) is 6.17. The number of aliphatic carboxylic acids is 1. The van der Waals surface area contributed by atoms with Crippen molar-refractivity contribution in [1.82, 2.24) is 14.8 Å². The summed E-state index contributed by atoms with van der Waals surface area (Å²) in [4.78, 5) is 10.7. The van der Waals surface area contributed by atoms with E-state index >= 15 is 0 Å². The number of hydrogen-bond acceptors (Lipinski definition) is 4. The normalized spacial score (nSPS) is 11.6. The maximum atomic E-state index is 10.7. The number of benzene rings is 1. The second-order valence-electron chi connectivity index (χ2n) is 5.22. The van der Waals surface area contributed by atoms with Gasteiger partial charge in [0.1, 0.15) is 5.82 Å². The Hall–Kier alpha value is -1.82. The summed E-state index contributed by atoms with van der Waals surface area (Å²) < 4.78 is 1.99. The number of aromatic nitrogens is 3. The molecule has 1 aromatic heterocycles. The molecule has 0 atom stereocenters. The topological polar surface area (TPSA) is 68.0 Å². The van der Waals surface area contributed by atoms with Crippen molar-refractivity contribution in [2.75, 3.05) is 5.75 Å². The highest BCUT2D eigenvalue weighted by Crippen LogP contribution is 2.32. The van der Waals surface area contributed by atoms with Crippen molar-refractivity contribution in [3.05, 3.63) is 41.7 Å². The number of hydrogen-bond donors (Lipinski definition) is 1. The van der Waals surface area contributed by atoms with E-state index in [4.69, 9.17) is 5.11 Å². The number of carboxylic acids is 1. The molecule has 1 aromatic carbocycles. The Morgan fingerprint density at radius 1 is 1.29 bits per heavy atom. The van der Waals surface area contributed by atoms with Crippen LogP contribution in [0.4, 0.5) is 0 Å². The first-order valence-electron chi connectivity index (χ1n) is 6.80. The van der Waals surface area contributed by atoms with Crippen molar-refractivity contribution in [1.29, 1.82) is 0 Å². The Bertz CT molecular complexity index is 623. The average molecular weight is 305 g/mol. The molecule has 0 aliphatic rings. The summed E-state index contributed by atoms with van der Waals surface area (Å²) in [6, 6.07) is 10.1. The summed E-state index contributed by atoms with van der Waals surface area (Å²) >= 11 is 1.20. The van der Waals surface area contributed by atoms with Gasteiger partial charge in [0, 0.05) is 12.0 Å². The lowest BCUT2D eigenvalue weighted by atomic mass is 9.84. The van der Waals surface area contributed by atoms with Crippen molar-refractivity contribution < 1.29 is 9.90 Å². The molecule has 0 fully saturated rings. The van der Waals surface area contributed by atoms with Crippen molar-refractivity contribution in [3.8, 4) is 0 Å². The van der Waals surface area contributed by atoms with E-state index in [0.29, 0.717) is 11.7 Å². The predicted octanol–water partition coefficient (Wildman–Crippen LogP) is 2.80. The van der Waals surface area contributed by atoms with Crippen LogP contribution in [-0.2, 0) is 16.8 Å². The Balaban J connectivity index is 2.37. The molecule has 2 aromatic rings. The molecule has 21 heavy (non-hydrogen) atoms. The number of carbonyl (C=O) groups is 1. The van der Waals surface area contributed by atoms with Crippen LogP contribution in [-0.4, -0.2) is 31.6 Å². The summed E-state index contributed by atoms with van der Waals surface area (Å²) in [6.07, 6.45) is 0. The van der Waals surface area contributed by atoms with Crippen molar-refractivity contribution in [3.63, 3.8) is 0 Å². The van der Waals surface area contributed by atoms with E-state index in [-0.39, 0.29) is 11.2 Å². The van der Waals surface area contributed by atoms with Gasteiger partial charge in [-0.15, -0.1) is 10.2 Å². The van der Waals surface area contributed by atoms with Crippen LogP contribution in [0.2, 0.25) is 0 Å². The molecule has 0 amide bonds. The Labute approximate surface area is 128 Å². The lowest BCUT2D eigenvalue weighted by molar-refractivity contribution is -0.133. The molecule has 0 aliphatic carbocycles. The molecule has 0 aliphatic heterocycles. The minimum absolute atomic E-state index is 0.0100. The SMILES string of the molecule is CCn1c(SCC(=O)O)nnc1C(C)(C)c1ccccc1. The molecule has 1 N–H and O–H groups in total. The minimum Gasteiger partial charge on any atom is -0.481 e. The van der Waals surface area contributed by atoms with Crippen LogP contribution >= 0.6 is 11.8 Å². The molecule has 112 valence electrons. The fourth-order valence-electron chi connectivity index (χ4n) is 2.25. The zero-order chi connectivity index (χ0) is 15.5. The third kappa shape index (κ3) is 3.26. The van der Waals surface area contributed by atoms with E-state index in [0.717, 1.165) is 11.4 Å². The molecule has 1 heterocycles. The summed E-state index contributed by atoms with van der Waals surface area (Å²) in [5.41, 5.74) is 0.869. The fourth-order valence-corrected chi connectivity index (χ4v) is 2.98. The first-order chi connectivity index (χ1) is 9.96. The highest BCUT2D eigenvalue weighted by molar-refractivity contribution is 7.99. The highest BCUT2D eigenvalue weighted by atomic mass is 32.2. The van der Waals surface area contributed by atoms with Crippen LogP contribution in [0.25, 0.3) is 0 Å². The summed E-state index contributed by atoms with van der Waals surface area (Å²) in [5.74, 6) is -0.0113. The van der Waals surface area contributed by atoms with Gasteiger partial charge >= 0.3 is 5.97 Å². The minimum atomic E-state index is -0.852. The molecule has 0 saturated heterocycles. The van der Waals surface area contributed by atoms with Crippen molar-refractivity contribution in [2.45, 2.75) is 37.9 Å². The molecule has 0 saturated carbocycles. The predicted molar refractivity (Wildman–Crippen MR) is 82.6 cm³/mol. The third-order valence-corrected chi connectivity index (χ3v) is 4.36. The zero-order valence-corrected chi connectivity index (χ0v) is 13.2. The number of rotatable bonds is 6. The fraction of sp³-hybridized carbons (Fsp3) is 0.400. The van der Waals surface area contributed by atoms with Gasteiger partial charge in [-0.05, 0) is 26.3 Å². The largest absolute Gasteiger partial charge is 0.481 e. The summed E-state index contributed by atoms with van der Waals surface area (Å²) in [6.45, 7) is 6.92. The molecular formula is C15H19N3O2S. The molecule has 0 unspecified atom stereocenters. The lowest BCUT2D eigenvalue weighted by Gasteiger charge is -2.25. The van der Waals surface area contributed by atoms with Crippen LogP contribution < -0.4 is 0 Å². The molecule has 5 nitrogen and oxygen atoms in total. The van der Waals surface area contributed by atoms with Gasteiger partial charge in [-0.2, -0.15) is 0 Å². The van der Waals surface area contributed by atoms with Crippen molar-refractivity contribution >= 4 is 17.7 Å². The molecule has 0 bridgehead atoms. The molecule has 0 radical (unpaired) electrons. The van der Waals surface area contributed by atoms with Gasteiger partial charge < -0.3 is 9.67 Å². The van der Waals surface area contributed by atoms with Gasteiger partial charge in [-0.25, -0.2) is 0 Å². The Morgan fingerprint density at radius 2 is 1.95 bits per heavy atom. The first kappa shape index (κ1) is 15.6. The molecule has 0 spiro atoms. The van der Waals surface area contributed by atoms with E-state index < -0.39 is 5.97 Å². The summed E-state index contributed by atoms with van der Waals surface area (Å²) in [7, 11) is 0. The number of thioether (sulfide) groups is 1. The van der Waals surface area contributed by atoms with E-state index in [1.807, 2.05) is 29.7 Å². The van der Waals surface area contributed by atoms with Crippen LogP contribution in [0.5, 0.6) is 0 Å². The van der Waals surface area contributed by atoms with Crippen LogP contribution in [0.15, 0.2) is 35.5 Å². The smallest absolute Gasteiger partial charge is 0.313 e. The van der Waals surface area contributed by atoms with Gasteiger partial charge in [-0.3, -0.25) is 4.79 Å². The first-order valence-corrected chi connectivity index (χ1v) is 7.79. The van der Waals surface area contributed by atoms with Crippen LogP contribution in [0, 0.1) is 0 Å². The molecule has 2 rings (SSSR count). The van der Waals surface area contributed by atoms with Crippen LogP contribution in [0.3, 0.4) is 0 Å². The Morgan fingerprint density at radius 3 is 2.52 bits per heavy atom. The van der Waals surface area contributed by atoms with Gasteiger partial charge in [0.05, 0.1) is 5.75 Å². The zero-order valence-electron chi connectivity index (χ0n) is 12.4. The van der Waals surface area contributed by atoms with Gasteiger partial charge in [0.25, 0.3) is 0 Å². The maximum absolute atomic E-state index is 10.7. The second kappa shape index (κ2) is 6.30. The van der Waals surface area contributed by atoms with Gasteiger partial charge in [0.15, 0.2) is 5.16 Å². The maximum Gasteiger partial charge on any atom is 0.313 e. The quantitative estimate of drug-likeness (QED) is 0.831. The monoisotopic (exact) mass is 305 g/mol. The lowest BCUT2D eigenvalue weighted by Crippen LogP contribution is -2.24. The highest BCUT2D eigenvalue weighted by Gasteiger charge is 2.30. The van der Waals surface area contributed by atoms with E-state index in [2.05, 4.69) is 36.2 Å². The molecular weight excluding hydrogens is 286 g/mol. The summed E-state index contributed by atoms with van der Waals surface area (Å²) in [5, 5.41) is 17.9. The van der Waals surface area contributed by atoms with Crippen molar-refractivity contribution in [2.24, 2.45) is 0 Å². The van der Waals surface area contributed by atoms with E-state index in [1.54, 1.807) is 0 Å². The van der Waals surface area contributed by atoms with Crippen LogP contribution in [0.1, 0.15) is 32.2 Å². The van der Waals surface area contributed by atoms with E-state index in [1.165, 1.54) is 11.8 Å².